The number of amides is 1. The molecule has 0 saturated carbocycles. The molecule has 1 aromatic rings. The summed E-state index contributed by atoms with van der Waals surface area (Å²) in [6, 6.07) is 4.93. The Morgan fingerprint density at radius 1 is 1.10 bits per heavy atom. The third-order valence-corrected chi connectivity index (χ3v) is 6.37. The van der Waals surface area contributed by atoms with Crippen LogP contribution in [0.3, 0.4) is 0 Å². The molecule has 0 saturated heterocycles. The Morgan fingerprint density at radius 3 is 2.31 bits per heavy atom. The number of carbonyl (C=O) groups excluding carboxylic acids is 2. The molecule has 1 rings (SSSR count). The molecule has 0 fully saturated rings. The number of sulfonamides is 1. The minimum atomic E-state index is -3.69. The molecule has 0 bridgehead atoms. The van der Waals surface area contributed by atoms with Gasteiger partial charge in [0.05, 0.1) is 11.5 Å². The van der Waals surface area contributed by atoms with Crippen LogP contribution in [0.25, 0.3) is 0 Å². The van der Waals surface area contributed by atoms with Crippen LogP contribution in [0.5, 0.6) is 0 Å². The van der Waals surface area contributed by atoms with E-state index in [1.807, 2.05) is 6.92 Å². The lowest BCUT2D eigenvalue weighted by Gasteiger charge is -2.21. The van der Waals surface area contributed by atoms with Crippen molar-refractivity contribution in [3.05, 3.63) is 29.8 Å². The molecule has 29 heavy (non-hydrogen) atoms. The van der Waals surface area contributed by atoms with E-state index in [1.54, 1.807) is 27.7 Å². The van der Waals surface area contributed by atoms with Crippen molar-refractivity contribution in [3.8, 4) is 0 Å². The number of esters is 1. The smallest absolute Gasteiger partial charge is 0.328 e. The molecule has 0 aromatic heterocycles. The second-order valence-electron chi connectivity index (χ2n) is 6.68. The Hall–Kier alpha value is -1.97. The van der Waals surface area contributed by atoms with Gasteiger partial charge in [0.2, 0.25) is 10.0 Å². The van der Waals surface area contributed by atoms with E-state index in [2.05, 4.69) is 5.32 Å². The summed E-state index contributed by atoms with van der Waals surface area (Å²) in [6.07, 6.45) is 0. The van der Waals surface area contributed by atoms with Gasteiger partial charge in [-0.25, -0.2) is 13.2 Å². The fourth-order valence-corrected chi connectivity index (χ4v) is 4.17. The van der Waals surface area contributed by atoms with E-state index in [-0.39, 0.29) is 29.6 Å². The van der Waals surface area contributed by atoms with Crippen molar-refractivity contribution < 1.29 is 27.5 Å². The average Bonchev–Trinajstić information content (AvgIpc) is 2.69. The molecular weight excluding hydrogens is 396 g/mol. The van der Waals surface area contributed by atoms with Crippen molar-refractivity contribution >= 4 is 21.9 Å². The van der Waals surface area contributed by atoms with Crippen LogP contribution in [-0.4, -0.2) is 63.6 Å². The van der Waals surface area contributed by atoms with Gasteiger partial charge in [-0.05, 0) is 31.0 Å². The van der Waals surface area contributed by atoms with Crippen molar-refractivity contribution in [3.63, 3.8) is 0 Å². The summed E-state index contributed by atoms with van der Waals surface area (Å²) in [5.74, 6) is -1.30. The molecule has 0 heterocycles. The number of ether oxygens (including phenoxy) is 2. The van der Waals surface area contributed by atoms with Crippen LogP contribution in [0.4, 0.5) is 0 Å². The second kappa shape index (κ2) is 11.9. The molecule has 1 amide bonds. The van der Waals surface area contributed by atoms with Crippen LogP contribution in [0.2, 0.25) is 0 Å². The first kappa shape index (κ1) is 25.1. The molecule has 0 radical (unpaired) electrons. The van der Waals surface area contributed by atoms with Gasteiger partial charge in [-0.15, -0.1) is 0 Å². The molecule has 0 spiro atoms. The zero-order valence-electron chi connectivity index (χ0n) is 17.8. The van der Waals surface area contributed by atoms with Gasteiger partial charge in [-0.2, -0.15) is 4.31 Å². The van der Waals surface area contributed by atoms with Gasteiger partial charge in [-0.1, -0.05) is 33.8 Å². The Balaban J connectivity index is 2.95. The molecular formula is C20H32N2O6S. The van der Waals surface area contributed by atoms with Gasteiger partial charge >= 0.3 is 5.97 Å². The Bertz CT molecular complexity index is 775. The highest BCUT2D eigenvalue weighted by atomic mass is 32.2. The quantitative estimate of drug-likeness (QED) is 0.404. The predicted molar refractivity (Wildman–Crippen MR) is 110 cm³/mol. The molecule has 9 heteroatoms. The Labute approximate surface area is 173 Å². The van der Waals surface area contributed by atoms with Crippen molar-refractivity contribution in [2.45, 2.75) is 45.6 Å². The molecule has 0 aliphatic rings. The lowest BCUT2D eigenvalue weighted by molar-refractivity contribution is -0.148. The number of carbonyl (C=O) groups is 2. The van der Waals surface area contributed by atoms with Gasteiger partial charge in [0.25, 0.3) is 5.91 Å². The predicted octanol–water partition coefficient (Wildman–Crippen LogP) is 2.05. The van der Waals surface area contributed by atoms with Crippen LogP contribution >= 0.6 is 0 Å². The summed E-state index contributed by atoms with van der Waals surface area (Å²) in [7, 11) is -3.69. The van der Waals surface area contributed by atoms with Crippen LogP contribution in [0, 0.1) is 5.92 Å². The minimum Gasteiger partial charge on any atom is -0.462 e. The van der Waals surface area contributed by atoms with Gasteiger partial charge in [0.15, 0.2) is 0 Å². The molecule has 164 valence electrons. The highest BCUT2D eigenvalue weighted by molar-refractivity contribution is 7.89. The van der Waals surface area contributed by atoms with E-state index in [9.17, 15) is 18.0 Å². The van der Waals surface area contributed by atoms with E-state index in [0.717, 1.165) is 0 Å². The standard InChI is InChI=1S/C20H32N2O6S/c1-6-22(7-2)29(25,26)17-11-9-10-16(14-17)19(23)21-18(15(4)5)20(24)28-13-12-27-8-3/h9-11,14-15,18H,6-8,12-13H2,1-5H3,(H,21,23)/t18-/m0/s1. The first-order chi connectivity index (χ1) is 13.7. The highest BCUT2D eigenvalue weighted by Crippen LogP contribution is 2.17. The number of nitrogens with zero attached hydrogens (tertiary/aromatic N) is 1. The maximum Gasteiger partial charge on any atom is 0.328 e. The summed E-state index contributed by atoms with van der Waals surface area (Å²) in [6.45, 7) is 10.5. The Kier molecular flexibility index (Phi) is 10.3. The van der Waals surface area contributed by atoms with Crippen LogP contribution < -0.4 is 5.32 Å². The third-order valence-electron chi connectivity index (χ3n) is 4.32. The summed E-state index contributed by atoms with van der Waals surface area (Å²) in [5, 5.41) is 2.65. The first-order valence-electron chi connectivity index (χ1n) is 9.84. The molecule has 1 aromatic carbocycles. The van der Waals surface area contributed by atoms with Crippen molar-refractivity contribution in [1.82, 2.24) is 9.62 Å². The van der Waals surface area contributed by atoms with Gasteiger partial charge in [0.1, 0.15) is 12.6 Å². The fourth-order valence-electron chi connectivity index (χ4n) is 2.67. The number of rotatable bonds is 12. The number of benzene rings is 1. The summed E-state index contributed by atoms with van der Waals surface area (Å²) in [4.78, 5) is 25.0. The first-order valence-corrected chi connectivity index (χ1v) is 11.3. The van der Waals surface area contributed by atoms with Gasteiger partial charge in [0, 0.05) is 25.3 Å². The normalized spacial score (nSPS) is 12.8. The topological polar surface area (TPSA) is 102 Å². The minimum absolute atomic E-state index is 0.0363. The van der Waals surface area contributed by atoms with Crippen molar-refractivity contribution in [1.29, 1.82) is 0 Å². The monoisotopic (exact) mass is 428 g/mol. The number of nitrogens with one attached hydrogen (secondary N) is 1. The number of hydrogen-bond acceptors (Lipinski definition) is 6. The fraction of sp³-hybridized carbons (Fsp3) is 0.600. The van der Waals surface area contributed by atoms with Crippen LogP contribution in [0.15, 0.2) is 29.2 Å². The highest BCUT2D eigenvalue weighted by Gasteiger charge is 2.27. The summed E-state index contributed by atoms with van der Waals surface area (Å²) < 4.78 is 37.0. The largest absolute Gasteiger partial charge is 0.462 e. The lowest BCUT2D eigenvalue weighted by Crippen LogP contribution is -2.45. The molecule has 0 aliphatic heterocycles. The number of hydrogen-bond donors (Lipinski definition) is 1. The summed E-state index contributed by atoms with van der Waals surface area (Å²) >= 11 is 0. The molecule has 1 atom stereocenters. The van der Waals surface area contributed by atoms with Gasteiger partial charge < -0.3 is 14.8 Å². The van der Waals surface area contributed by atoms with E-state index >= 15 is 0 Å². The molecule has 1 N–H and O–H groups in total. The van der Waals surface area contributed by atoms with E-state index in [0.29, 0.717) is 19.7 Å². The molecule has 8 nitrogen and oxygen atoms in total. The van der Waals surface area contributed by atoms with Crippen molar-refractivity contribution in [2.24, 2.45) is 5.92 Å². The third kappa shape index (κ3) is 7.09. The summed E-state index contributed by atoms with van der Waals surface area (Å²) in [5.41, 5.74) is 0.158. The van der Waals surface area contributed by atoms with E-state index in [1.165, 1.54) is 28.6 Å². The maximum atomic E-state index is 12.7. The Morgan fingerprint density at radius 2 is 1.76 bits per heavy atom. The van der Waals surface area contributed by atoms with E-state index in [4.69, 9.17) is 9.47 Å². The van der Waals surface area contributed by atoms with Crippen molar-refractivity contribution in [2.75, 3.05) is 32.9 Å². The molecule has 0 unspecified atom stereocenters. The zero-order valence-corrected chi connectivity index (χ0v) is 18.6. The van der Waals surface area contributed by atoms with Crippen LogP contribution in [0.1, 0.15) is 45.0 Å². The molecule has 0 aliphatic carbocycles. The van der Waals surface area contributed by atoms with E-state index < -0.39 is 27.9 Å². The van der Waals surface area contributed by atoms with Gasteiger partial charge in [-0.3, -0.25) is 4.79 Å². The lowest BCUT2D eigenvalue weighted by atomic mass is 10.0. The average molecular weight is 429 g/mol. The zero-order chi connectivity index (χ0) is 22.0. The SMILES string of the molecule is CCOCCOC(=O)[C@@H](NC(=O)c1cccc(S(=O)(=O)N(CC)CC)c1)C(C)C. The maximum absolute atomic E-state index is 12.7. The second-order valence-corrected chi connectivity index (χ2v) is 8.61. The van der Waals surface area contributed by atoms with Crippen LogP contribution in [-0.2, 0) is 24.3 Å².